The van der Waals surface area contributed by atoms with Crippen LogP contribution in [-0.2, 0) is 4.79 Å². The molecule has 0 aliphatic heterocycles. The van der Waals surface area contributed by atoms with Crippen LogP contribution in [0.3, 0.4) is 0 Å². The molecule has 0 radical (unpaired) electrons. The molecule has 0 atom stereocenters. The Hall–Kier alpha value is -0.180. The van der Waals surface area contributed by atoms with Gasteiger partial charge in [0.25, 0.3) is 0 Å². The van der Waals surface area contributed by atoms with Gasteiger partial charge in [-0.05, 0) is 37.4 Å². The molecule has 2 aliphatic carbocycles. The van der Waals surface area contributed by atoms with Crippen molar-refractivity contribution in [2.75, 3.05) is 6.26 Å². The molecule has 0 aromatic heterocycles. The number of thioether (sulfide) groups is 1. The second kappa shape index (κ2) is 1.94. The highest BCUT2D eigenvalue weighted by Crippen LogP contribution is 2.68. The fourth-order valence-corrected chi connectivity index (χ4v) is 3.15. The minimum atomic E-state index is -0.609. The molecule has 0 amide bonds. The summed E-state index contributed by atoms with van der Waals surface area (Å²) in [5, 5.41) is 8.92. The first-order valence-electron chi connectivity index (χ1n) is 3.91. The van der Waals surface area contributed by atoms with Gasteiger partial charge >= 0.3 is 5.97 Å². The summed E-state index contributed by atoms with van der Waals surface area (Å²) in [6.07, 6.45) is 6.27. The first kappa shape index (κ1) is 7.47. The fourth-order valence-electron chi connectivity index (χ4n) is 2.07. The summed E-state index contributed by atoms with van der Waals surface area (Å²) in [5.74, 6) is -0.609. The van der Waals surface area contributed by atoms with Crippen molar-refractivity contribution in [3.8, 4) is 0 Å². The van der Waals surface area contributed by atoms with Gasteiger partial charge in [0, 0.05) is 0 Å². The van der Waals surface area contributed by atoms with Crippen LogP contribution >= 0.6 is 11.8 Å². The largest absolute Gasteiger partial charge is 0.480 e. The normalized spacial score (nSPS) is 29.5. The van der Waals surface area contributed by atoms with Crippen molar-refractivity contribution in [2.45, 2.75) is 30.4 Å². The summed E-state index contributed by atoms with van der Waals surface area (Å²) in [6, 6.07) is 0. The van der Waals surface area contributed by atoms with Crippen molar-refractivity contribution in [1.29, 1.82) is 0 Å². The molecule has 0 bridgehead atoms. The van der Waals surface area contributed by atoms with E-state index in [1.165, 1.54) is 24.6 Å². The molecular weight excluding hydrogens is 160 g/mol. The number of rotatable bonds is 2. The molecule has 11 heavy (non-hydrogen) atoms. The average Bonchev–Trinajstić information content (AvgIpc) is 2.61. The third-order valence-corrected chi connectivity index (χ3v) is 4.30. The van der Waals surface area contributed by atoms with E-state index in [1.807, 2.05) is 6.26 Å². The van der Waals surface area contributed by atoms with Gasteiger partial charge in [0.2, 0.25) is 0 Å². The number of carboxylic acid groups (broad SMARTS) is 1. The standard InChI is InChI=1S/C8H12O2S/c1-11-8(6(9)10)4-7(5-8)2-3-7/h2-5H2,1H3,(H,9,10). The maximum absolute atomic E-state index is 10.8. The number of hydrogen-bond acceptors (Lipinski definition) is 2. The van der Waals surface area contributed by atoms with E-state index >= 15 is 0 Å². The summed E-state index contributed by atoms with van der Waals surface area (Å²) < 4.78 is -0.406. The van der Waals surface area contributed by atoms with Gasteiger partial charge in [-0.25, -0.2) is 0 Å². The van der Waals surface area contributed by atoms with Crippen molar-refractivity contribution < 1.29 is 9.90 Å². The Morgan fingerprint density at radius 1 is 1.45 bits per heavy atom. The highest BCUT2D eigenvalue weighted by atomic mass is 32.2. The summed E-state index contributed by atoms with van der Waals surface area (Å²) in [7, 11) is 0. The Morgan fingerprint density at radius 3 is 2.27 bits per heavy atom. The predicted octanol–water partition coefficient (Wildman–Crippen LogP) is 1.75. The maximum atomic E-state index is 10.8. The Labute approximate surface area is 70.4 Å². The van der Waals surface area contributed by atoms with Crippen LogP contribution in [0.15, 0.2) is 0 Å². The molecule has 3 heteroatoms. The van der Waals surface area contributed by atoms with Gasteiger partial charge in [-0.1, -0.05) is 0 Å². The van der Waals surface area contributed by atoms with E-state index in [-0.39, 0.29) is 0 Å². The Balaban J connectivity index is 2.05. The monoisotopic (exact) mass is 172 g/mol. The van der Waals surface area contributed by atoms with Gasteiger partial charge in [0.15, 0.2) is 0 Å². The molecular formula is C8H12O2S. The van der Waals surface area contributed by atoms with E-state index < -0.39 is 10.7 Å². The molecule has 1 spiro atoms. The average molecular weight is 172 g/mol. The zero-order valence-corrected chi connectivity index (χ0v) is 7.41. The molecule has 0 heterocycles. The zero-order valence-electron chi connectivity index (χ0n) is 6.59. The number of carbonyl (C=O) groups is 1. The molecule has 2 fully saturated rings. The third-order valence-electron chi connectivity index (χ3n) is 3.06. The minimum Gasteiger partial charge on any atom is -0.480 e. The van der Waals surface area contributed by atoms with Crippen LogP contribution in [0.25, 0.3) is 0 Å². The molecule has 1 N–H and O–H groups in total. The van der Waals surface area contributed by atoms with E-state index in [0.29, 0.717) is 5.41 Å². The Morgan fingerprint density at radius 2 is 2.00 bits per heavy atom. The smallest absolute Gasteiger partial charge is 0.319 e. The van der Waals surface area contributed by atoms with Crippen molar-refractivity contribution in [1.82, 2.24) is 0 Å². The van der Waals surface area contributed by atoms with Crippen LogP contribution in [0, 0.1) is 5.41 Å². The van der Waals surface area contributed by atoms with Crippen molar-refractivity contribution in [3.63, 3.8) is 0 Å². The molecule has 0 unspecified atom stereocenters. The van der Waals surface area contributed by atoms with Crippen LogP contribution in [0.1, 0.15) is 25.7 Å². The van der Waals surface area contributed by atoms with Gasteiger partial charge in [-0.15, -0.1) is 11.8 Å². The van der Waals surface area contributed by atoms with Crippen LogP contribution in [0.2, 0.25) is 0 Å². The molecule has 2 rings (SSSR count). The number of hydrogen-bond donors (Lipinski definition) is 1. The van der Waals surface area contributed by atoms with Crippen LogP contribution in [0.4, 0.5) is 0 Å². The number of carboxylic acids is 1. The van der Waals surface area contributed by atoms with E-state index in [9.17, 15) is 4.79 Å². The summed E-state index contributed by atoms with van der Waals surface area (Å²) in [4.78, 5) is 10.8. The van der Waals surface area contributed by atoms with Crippen LogP contribution in [-0.4, -0.2) is 22.1 Å². The van der Waals surface area contributed by atoms with Crippen LogP contribution in [0.5, 0.6) is 0 Å². The van der Waals surface area contributed by atoms with E-state index in [1.54, 1.807) is 0 Å². The second-order valence-corrected chi connectivity index (χ2v) is 5.05. The molecule has 2 saturated carbocycles. The SMILES string of the molecule is CSC1(C(=O)O)CC2(CC2)C1. The number of aliphatic carboxylic acids is 1. The molecule has 62 valence electrons. The van der Waals surface area contributed by atoms with Crippen molar-refractivity contribution >= 4 is 17.7 Å². The predicted molar refractivity (Wildman–Crippen MR) is 44.8 cm³/mol. The molecule has 2 aliphatic rings. The summed E-state index contributed by atoms with van der Waals surface area (Å²) in [6.45, 7) is 0. The third kappa shape index (κ3) is 0.901. The van der Waals surface area contributed by atoms with Gasteiger partial charge in [0.05, 0.1) is 0 Å². The van der Waals surface area contributed by atoms with Gasteiger partial charge in [-0.3, -0.25) is 4.79 Å². The van der Waals surface area contributed by atoms with Crippen molar-refractivity contribution in [3.05, 3.63) is 0 Å². The Bertz CT molecular complexity index is 200. The lowest BCUT2D eigenvalue weighted by molar-refractivity contribution is -0.144. The molecule has 0 saturated heterocycles. The highest BCUT2D eigenvalue weighted by molar-refractivity contribution is 8.00. The van der Waals surface area contributed by atoms with Gasteiger partial charge in [-0.2, -0.15) is 0 Å². The maximum Gasteiger partial charge on any atom is 0.319 e. The first-order valence-corrected chi connectivity index (χ1v) is 5.14. The molecule has 0 aromatic rings. The molecule has 0 aromatic carbocycles. The van der Waals surface area contributed by atoms with Crippen molar-refractivity contribution in [2.24, 2.45) is 5.41 Å². The Kier molecular flexibility index (Phi) is 1.32. The zero-order chi connectivity index (χ0) is 8.11. The quantitative estimate of drug-likeness (QED) is 0.689. The fraction of sp³-hybridized carbons (Fsp3) is 0.875. The highest BCUT2D eigenvalue weighted by Gasteiger charge is 2.64. The summed E-state index contributed by atoms with van der Waals surface area (Å²) >= 11 is 1.51. The summed E-state index contributed by atoms with van der Waals surface area (Å²) in [5.41, 5.74) is 0.488. The topological polar surface area (TPSA) is 37.3 Å². The lowest BCUT2D eigenvalue weighted by Crippen LogP contribution is -2.48. The lowest BCUT2D eigenvalue weighted by Gasteiger charge is -2.43. The van der Waals surface area contributed by atoms with Gasteiger partial charge in [0.1, 0.15) is 4.75 Å². The molecule has 2 nitrogen and oxygen atoms in total. The van der Waals surface area contributed by atoms with Gasteiger partial charge < -0.3 is 5.11 Å². The van der Waals surface area contributed by atoms with E-state index in [4.69, 9.17) is 5.11 Å². The lowest BCUT2D eigenvalue weighted by atomic mass is 9.71. The second-order valence-electron chi connectivity index (χ2n) is 3.86. The minimum absolute atomic E-state index is 0.406. The van der Waals surface area contributed by atoms with E-state index in [0.717, 1.165) is 12.8 Å². The van der Waals surface area contributed by atoms with E-state index in [2.05, 4.69) is 0 Å². The van der Waals surface area contributed by atoms with Crippen LogP contribution < -0.4 is 0 Å². The first-order chi connectivity index (χ1) is 5.13.